The first-order valence-corrected chi connectivity index (χ1v) is 7.36. The van der Waals surface area contributed by atoms with Gasteiger partial charge in [-0.2, -0.15) is 5.10 Å². The van der Waals surface area contributed by atoms with Gasteiger partial charge < -0.3 is 10.6 Å². The molecular weight excluding hydrogens is 238 g/mol. The van der Waals surface area contributed by atoms with E-state index in [2.05, 4.69) is 41.0 Å². The molecule has 0 amide bonds. The van der Waals surface area contributed by atoms with Crippen molar-refractivity contribution >= 4 is 5.95 Å². The summed E-state index contributed by atoms with van der Waals surface area (Å²) >= 11 is 0. The van der Waals surface area contributed by atoms with Gasteiger partial charge in [0.15, 0.2) is 0 Å². The van der Waals surface area contributed by atoms with Gasteiger partial charge in [-0.25, -0.2) is 4.98 Å². The Bertz CT molecular complexity index is 420. The van der Waals surface area contributed by atoms with E-state index in [0.717, 1.165) is 36.7 Å². The van der Waals surface area contributed by atoms with Crippen molar-refractivity contribution in [3.05, 3.63) is 11.4 Å². The molecule has 2 atom stereocenters. The van der Waals surface area contributed by atoms with E-state index in [1.807, 2.05) is 0 Å². The molecule has 2 N–H and O–H groups in total. The average molecular weight is 263 g/mol. The highest BCUT2D eigenvalue weighted by Gasteiger charge is 2.30. The van der Waals surface area contributed by atoms with Crippen molar-refractivity contribution in [2.24, 2.45) is 11.7 Å². The molecule has 0 bridgehead atoms. The molecule has 19 heavy (non-hydrogen) atoms. The zero-order chi connectivity index (χ0) is 13.8. The van der Waals surface area contributed by atoms with Crippen LogP contribution in [-0.4, -0.2) is 34.8 Å². The second kappa shape index (κ2) is 6.28. The number of anilines is 1. The lowest BCUT2D eigenvalue weighted by molar-refractivity contribution is 0.467. The SMILES string of the molecule is CCc1nnc(N(C)C2CCCC2CN)nc1CC. The third kappa shape index (κ3) is 2.86. The zero-order valence-corrected chi connectivity index (χ0v) is 12.3. The smallest absolute Gasteiger partial charge is 0.245 e. The van der Waals surface area contributed by atoms with Gasteiger partial charge in [-0.15, -0.1) is 5.10 Å². The summed E-state index contributed by atoms with van der Waals surface area (Å²) < 4.78 is 0. The predicted molar refractivity (Wildman–Crippen MR) is 77.2 cm³/mol. The van der Waals surface area contributed by atoms with Crippen molar-refractivity contribution in [1.82, 2.24) is 15.2 Å². The highest BCUT2D eigenvalue weighted by atomic mass is 15.3. The maximum absolute atomic E-state index is 5.86. The second-order valence-corrected chi connectivity index (χ2v) is 5.32. The van der Waals surface area contributed by atoms with Gasteiger partial charge >= 0.3 is 0 Å². The summed E-state index contributed by atoms with van der Waals surface area (Å²) in [5.74, 6) is 1.31. The molecule has 1 aliphatic rings. The van der Waals surface area contributed by atoms with E-state index < -0.39 is 0 Å². The van der Waals surface area contributed by atoms with Crippen LogP contribution in [0.2, 0.25) is 0 Å². The molecule has 1 saturated carbocycles. The van der Waals surface area contributed by atoms with Crippen molar-refractivity contribution in [3.8, 4) is 0 Å². The number of nitrogens with zero attached hydrogens (tertiary/aromatic N) is 4. The Kier molecular flexibility index (Phi) is 4.69. The molecule has 0 aliphatic heterocycles. The summed E-state index contributed by atoms with van der Waals surface area (Å²) in [6, 6.07) is 0.462. The van der Waals surface area contributed by atoms with Crippen LogP contribution in [-0.2, 0) is 12.8 Å². The predicted octanol–water partition coefficient (Wildman–Crippen LogP) is 1.56. The fraction of sp³-hybridized carbons (Fsp3) is 0.786. The molecule has 2 rings (SSSR count). The first-order chi connectivity index (χ1) is 9.21. The summed E-state index contributed by atoms with van der Waals surface area (Å²) in [6.45, 7) is 4.96. The fourth-order valence-corrected chi connectivity index (χ4v) is 3.03. The summed E-state index contributed by atoms with van der Waals surface area (Å²) in [6.07, 6.45) is 5.44. The molecule has 2 unspecified atom stereocenters. The molecular formula is C14H25N5. The lowest BCUT2D eigenvalue weighted by Crippen LogP contribution is -2.39. The average Bonchev–Trinajstić information content (AvgIpc) is 2.94. The van der Waals surface area contributed by atoms with E-state index in [0.29, 0.717) is 12.0 Å². The largest absolute Gasteiger partial charge is 0.339 e. The number of nitrogens with two attached hydrogens (primary N) is 1. The third-order valence-electron chi connectivity index (χ3n) is 4.23. The Balaban J connectivity index is 2.21. The van der Waals surface area contributed by atoms with Crippen LogP contribution in [0.3, 0.4) is 0 Å². The standard InChI is InChI=1S/C14H25N5/c1-4-11-12(5-2)17-18-14(16-11)19(3)13-8-6-7-10(13)9-15/h10,13H,4-9,15H2,1-3H3. The van der Waals surface area contributed by atoms with Gasteiger partial charge in [0.1, 0.15) is 0 Å². The Labute approximate surface area is 115 Å². The molecule has 106 valence electrons. The van der Waals surface area contributed by atoms with Crippen molar-refractivity contribution in [1.29, 1.82) is 0 Å². The summed E-state index contributed by atoms with van der Waals surface area (Å²) in [5.41, 5.74) is 7.94. The molecule has 5 nitrogen and oxygen atoms in total. The van der Waals surface area contributed by atoms with Crippen LogP contribution in [0.15, 0.2) is 0 Å². The number of hydrogen-bond donors (Lipinski definition) is 1. The van der Waals surface area contributed by atoms with Crippen LogP contribution in [0, 0.1) is 5.92 Å². The maximum atomic E-state index is 5.86. The minimum Gasteiger partial charge on any atom is -0.339 e. The van der Waals surface area contributed by atoms with Crippen LogP contribution in [0.25, 0.3) is 0 Å². The Hall–Kier alpha value is -1.23. The van der Waals surface area contributed by atoms with Crippen molar-refractivity contribution < 1.29 is 0 Å². The Morgan fingerprint density at radius 1 is 1.16 bits per heavy atom. The molecule has 0 radical (unpaired) electrons. The summed E-state index contributed by atoms with van der Waals surface area (Å²) in [4.78, 5) is 6.86. The van der Waals surface area contributed by atoms with Gasteiger partial charge in [0, 0.05) is 13.1 Å². The van der Waals surface area contributed by atoms with E-state index in [1.165, 1.54) is 19.3 Å². The van der Waals surface area contributed by atoms with E-state index >= 15 is 0 Å². The highest BCUT2D eigenvalue weighted by Crippen LogP contribution is 2.30. The lowest BCUT2D eigenvalue weighted by Gasteiger charge is -2.29. The number of aromatic nitrogens is 3. The van der Waals surface area contributed by atoms with Gasteiger partial charge in [0.05, 0.1) is 11.4 Å². The minimum atomic E-state index is 0.462. The first-order valence-electron chi connectivity index (χ1n) is 7.36. The van der Waals surface area contributed by atoms with E-state index in [-0.39, 0.29) is 0 Å². The Morgan fingerprint density at radius 3 is 2.53 bits per heavy atom. The molecule has 0 saturated heterocycles. The van der Waals surface area contributed by atoms with E-state index in [4.69, 9.17) is 5.73 Å². The fourth-order valence-electron chi connectivity index (χ4n) is 3.03. The van der Waals surface area contributed by atoms with Crippen LogP contribution < -0.4 is 10.6 Å². The van der Waals surface area contributed by atoms with E-state index in [1.54, 1.807) is 0 Å². The van der Waals surface area contributed by atoms with Gasteiger partial charge in [-0.05, 0) is 38.1 Å². The van der Waals surface area contributed by atoms with Crippen LogP contribution >= 0.6 is 0 Å². The zero-order valence-electron chi connectivity index (χ0n) is 12.3. The third-order valence-corrected chi connectivity index (χ3v) is 4.23. The first kappa shape index (κ1) is 14.2. The summed E-state index contributed by atoms with van der Waals surface area (Å²) in [5, 5.41) is 8.62. The van der Waals surface area contributed by atoms with Crippen molar-refractivity contribution in [2.45, 2.75) is 52.0 Å². The number of aryl methyl sites for hydroxylation is 2. The van der Waals surface area contributed by atoms with Crippen molar-refractivity contribution in [2.75, 3.05) is 18.5 Å². The summed E-state index contributed by atoms with van der Waals surface area (Å²) in [7, 11) is 2.07. The second-order valence-electron chi connectivity index (χ2n) is 5.32. The number of hydrogen-bond acceptors (Lipinski definition) is 5. The molecule has 5 heteroatoms. The molecule has 1 aromatic heterocycles. The van der Waals surface area contributed by atoms with Crippen LogP contribution in [0.1, 0.15) is 44.5 Å². The van der Waals surface area contributed by atoms with Crippen LogP contribution in [0.4, 0.5) is 5.95 Å². The monoisotopic (exact) mass is 263 g/mol. The quantitative estimate of drug-likeness (QED) is 0.873. The molecule has 0 spiro atoms. The molecule has 0 aromatic carbocycles. The van der Waals surface area contributed by atoms with Gasteiger partial charge in [-0.3, -0.25) is 0 Å². The van der Waals surface area contributed by atoms with Crippen molar-refractivity contribution in [3.63, 3.8) is 0 Å². The highest BCUT2D eigenvalue weighted by molar-refractivity contribution is 5.31. The van der Waals surface area contributed by atoms with Crippen LogP contribution in [0.5, 0.6) is 0 Å². The normalized spacial score (nSPS) is 22.7. The molecule has 1 aromatic rings. The molecule has 1 heterocycles. The minimum absolute atomic E-state index is 0.462. The van der Waals surface area contributed by atoms with Gasteiger partial charge in [0.2, 0.25) is 5.95 Å². The van der Waals surface area contributed by atoms with Gasteiger partial charge in [-0.1, -0.05) is 20.3 Å². The molecule has 1 aliphatic carbocycles. The topological polar surface area (TPSA) is 67.9 Å². The van der Waals surface area contributed by atoms with E-state index in [9.17, 15) is 0 Å². The lowest BCUT2D eigenvalue weighted by atomic mass is 10.0. The number of rotatable bonds is 5. The van der Waals surface area contributed by atoms with Gasteiger partial charge in [0.25, 0.3) is 0 Å². The Morgan fingerprint density at radius 2 is 1.89 bits per heavy atom. The molecule has 1 fully saturated rings. The maximum Gasteiger partial charge on any atom is 0.245 e.